The highest BCUT2D eigenvalue weighted by Crippen LogP contribution is 2.47. The monoisotopic (exact) mass is 453 g/mol. The third kappa shape index (κ3) is 4.59. The average Bonchev–Trinajstić information content (AvgIpc) is 3.25. The van der Waals surface area contributed by atoms with Crippen LogP contribution >= 0.6 is 0 Å². The third-order valence-corrected chi connectivity index (χ3v) is 6.86. The summed E-state index contributed by atoms with van der Waals surface area (Å²) in [4.78, 5) is 2.50. The Hall–Kier alpha value is -3.50. The van der Waals surface area contributed by atoms with Gasteiger partial charge in [0.05, 0.1) is 0 Å². The molecule has 0 amide bonds. The number of fused-ring (bicyclic) bond motifs is 1. The lowest BCUT2D eigenvalue weighted by atomic mass is 9.86. The summed E-state index contributed by atoms with van der Waals surface area (Å²) in [6.07, 6.45) is 5.41. The van der Waals surface area contributed by atoms with Gasteiger partial charge in [-0.25, -0.2) is 0 Å². The molecule has 1 fully saturated rings. The number of allylic oxidation sites excluding steroid dienone is 1. The summed E-state index contributed by atoms with van der Waals surface area (Å²) in [7, 11) is 0. The van der Waals surface area contributed by atoms with Gasteiger partial charge in [0, 0.05) is 24.2 Å². The summed E-state index contributed by atoms with van der Waals surface area (Å²) in [5.41, 5.74) is 5.99. The summed E-state index contributed by atoms with van der Waals surface area (Å²) in [5, 5.41) is 20.2. The van der Waals surface area contributed by atoms with E-state index in [1.54, 1.807) is 24.3 Å². The Morgan fingerprint density at radius 1 is 1.00 bits per heavy atom. The molecule has 2 aliphatic rings. The maximum absolute atomic E-state index is 10.1. The topological polar surface area (TPSA) is 52.9 Å². The third-order valence-electron chi connectivity index (χ3n) is 6.86. The summed E-state index contributed by atoms with van der Waals surface area (Å²) in [6.45, 7) is 7.73. The van der Waals surface area contributed by atoms with E-state index in [1.807, 2.05) is 25.1 Å². The van der Waals surface area contributed by atoms with Gasteiger partial charge in [-0.1, -0.05) is 55.5 Å². The van der Waals surface area contributed by atoms with Crippen LogP contribution in [0.3, 0.4) is 0 Å². The number of likely N-dealkylation sites (tertiary alicyclic amines) is 1. The van der Waals surface area contributed by atoms with E-state index in [-0.39, 0.29) is 17.6 Å². The van der Waals surface area contributed by atoms with Crippen molar-refractivity contribution in [1.29, 1.82) is 0 Å². The minimum Gasteiger partial charge on any atom is -0.508 e. The number of benzene rings is 3. The van der Waals surface area contributed by atoms with E-state index in [0.29, 0.717) is 0 Å². The molecule has 0 aromatic heterocycles. The van der Waals surface area contributed by atoms with Gasteiger partial charge in [-0.15, -0.1) is 0 Å². The van der Waals surface area contributed by atoms with Crippen molar-refractivity contribution in [1.82, 2.24) is 4.90 Å². The highest BCUT2D eigenvalue weighted by Gasteiger charge is 2.29. The molecule has 2 heterocycles. The quantitative estimate of drug-likeness (QED) is 0.462. The maximum atomic E-state index is 10.1. The highest BCUT2D eigenvalue weighted by atomic mass is 16.5. The molecule has 3 aromatic rings. The number of nitrogens with zero attached hydrogens (tertiary/aromatic N) is 1. The second kappa shape index (κ2) is 9.40. The molecule has 1 saturated heterocycles. The van der Waals surface area contributed by atoms with Gasteiger partial charge in [-0.05, 0) is 78.4 Å². The minimum absolute atomic E-state index is 0.204. The first-order chi connectivity index (χ1) is 16.5. The van der Waals surface area contributed by atoms with Crippen LogP contribution in [0.2, 0.25) is 0 Å². The van der Waals surface area contributed by atoms with Crippen LogP contribution in [-0.4, -0.2) is 34.7 Å². The van der Waals surface area contributed by atoms with E-state index in [1.165, 1.54) is 19.5 Å². The standard InChI is InChI=1S/C30H31NO3/c1-20-14-16-31(19-20)15-4-5-22-8-10-23(11-9-22)30-29(24-6-3-7-25(32)17-24)21(2)27-18-26(33)12-13-28(27)34-30/h3-13,17-18,20,30,32-33H,14-16,19H2,1-2H3. The lowest BCUT2D eigenvalue weighted by Crippen LogP contribution is -2.19. The second-order valence-electron chi connectivity index (χ2n) is 9.49. The molecule has 0 saturated carbocycles. The van der Waals surface area contributed by atoms with Crippen LogP contribution in [0.25, 0.3) is 17.2 Å². The van der Waals surface area contributed by atoms with E-state index in [9.17, 15) is 10.2 Å². The maximum Gasteiger partial charge on any atom is 0.150 e. The number of rotatable bonds is 5. The molecule has 4 heteroatoms. The second-order valence-corrected chi connectivity index (χ2v) is 9.49. The number of aromatic hydroxyl groups is 2. The molecule has 0 radical (unpaired) electrons. The van der Waals surface area contributed by atoms with Crippen LogP contribution < -0.4 is 4.74 Å². The zero-order chi connectivity index (χ0) is 23.7. The SMILES string of the molecule is CC1=C(c2cccc(O)c2)C(c2ccc(C=CCN3CCC(C)C3)cc2)Oc2ccc(O)cc21. The molecule has 2 unspecified atom stereocenters. The van der Waals surface area contributed by atoms with Crippen LogP contribution in [0.1, 0.15) is 48.6 Å². The Labute approximate surface area is 201 Å². The van der Waals surface area contributed by atoms with Crippen molar-refractivity contribution >= 4 is 17.2 Å². The fourth-order valence-electron chi connectivity index (χ4n) is 5.03. The molecule has 2 atom stereocenters. The zero-order valence-corrected chi connectivity index (χ0v) is 19.7. The average molecular weight is 454 g/mol. The summed E-state index contributed by atoms with van der Waals surface area (Å²) < 4.78 is 6.47. The van der Waals surface area contributed by atoms with Crippen LogP contribution in [0.5, 0.6) is 17.2 Å². The van der Waals surface area contributed by atoms with E-state index < -0.39 is 0 Å². The van der Waals surface area contributed by atoms with E-state index in [0.717, 1.165) is 51.6 Å². The molecular weight excluding hydrogens is 422 g/mol. The number of phenols is 2. The smallest absolute Gasteiger partial charge is 0.150 e. The van der Waals surface area contributed by atoms with Crippen molar-refractivity contribution in [2.75, 3.05) is 19.6 Å². The predicted molar refractivity (Wildman–Crippen MR) is 138 cm³/mol. The molecular formula is C30H31NO3. The van der Waals surface area contributed by atoms with Crippen molar-refractivity contribution in [2.45, 2.75) is 26.4 Å². The molecule has 174 valence electrons. The Kier molecular flexibility index (Phi) is 6.16. The fraction of sp³-hybridized carbons (Fsp3) is 0.267. The number of hydrogen-bond donors (Lipinski definition) is 2. The van der Waals surface area contributed by atoms with Gasteiger partial charge < -0.3 is 14.9 Å². The summed E-state index contributed by atoms with van der Waals surface area (Å²) in [6, 6.07) is 20.9. The molecule has 0 aliphatic carbocycles. The number of phenolic OH excluding ortho intramolecular Hbond substituents is 2. The molecule has 5 rings (SSSR count). The Morgan fingerprint density at radius 2 is 1.79 bits per heavy atom. The minimum atomic E-state index is -0.317. The van der Waals surface area contributed by atoms with Gasteiger partial charge in [-0.2, -0.15) is 0 Å². The first kappa shape index (κ1) is 22.3. The lowest BCUT2D eigenvalue weighted by Gasteiger charge is -2.31. The molecule has 34 heavy (non-hydrogen) atoms. The van der Waals surface area contributed by atoms with Crippen LogP contribution in [0, 0.1) is 5.92 Å². The summed E-state index contributed by atoms with van der Waals surface area (Å²) in [5.74, 6) is 1.96. The van der Waals surface area contributed by atoms with Gasteiger partial charge in [0.1, 0.15) is 23.4 Å². The van der Waals surface area contributed by atoms with Gasteiger partial charge in [0.2, 0.25) is 0 Å². The molecule has 2 N–H and O–H groups in total. The lowest BCUT2D eigenvalue weighted by molar-refractivity contribution is 0.259. The zero-order valence-electron chi connectivity index (χ0n) is 19.7. The van der Waals surface area contributed by atoms with Crippen LogP contribution in [0.15, 0.2) is 72.8 Å². The molecule has 2 aliphatic heterocycles. The van der Waals surface area contributed by atoms with Crippen molar-refractivity contribution in [3.05, 3.63) is 95.1 Å². The number of ether oxygens (including phenoxy) is 1. The van der Waals surface area contributed by atoms with Gasteiger partial charge in [-0.3, -0.25) is 4.90 Å². The van der Waals surface area contributed by atoms with Gasteiger partial charge >= 0.3 is 0 Å². The van der Waals surface area contributed by atoms with E-state index in [4.69, 9.17) is 4.74 Å². The van der Waals surface area contributed by atoms with Crippen molar-refractivity contribution in [3.63, 3.8) is 0 Å². The Balaban J connectivity index is 1.44. The van der Waals surface area contributed by atoms with E-state index in [2.05, 4.69) is 48.2 Å². The number of hydrogen-bond acceptors (Lipinski definition) is 4. The fourth-order valence-corrected chi connectivity index (χ4v) is 5.03. The molecule has 3 aromatic carbocycles. The van der Waals surface area contributed by atoms with E-state index >= 15 is 0 Å². The first-order valence-corrected chi connectivity index (χ1v) is 12.0. The van der Waals surface area contributed by atoms with Crippen LogP contribution in [-0.2, 0) is 0 Å². The van der Waals surface area contributed by atoms with Crippen LogP contribution in [0.4, 0.5) is 0 Å². The highest BCUT2D eigenvalue weighted by molar-refractivity contribution is 5.95. The largest absolute Gasteiger partial charge is 0.508 e. The predicted octanol–water partition coefficient (Wildman–Crippen LogP) is 6.52. The molecule has 0 spiro atoms. The first-order valence-electron chi connectivity index (χ1n) is 12.0. The molecule has 0 bridgehead atoms. The van der Waals surface area contributed by atoms with Gasteiger partial charge in [0.15, 0.2) is 0 Å². The normalized spacial score (nSPS) is 20.5. The Bertz CT molecular complexity index is 1240. The summed E-state index contributed by atoms with van der Waals surface area (Å²) >= 11 is 0. The van der Waals surface area contributed by atoms with Crippen molar-refractivity contribution < 1.29 is 14.9 Å². The van der Waals surface area contributed by atoms with Crippen molar-refractivity contribution in [2.24, 2.45) is 5.92 Å². The Morgan fingerprint density at radius 3 is 2.53 bits per heavy atom. The van der Waals surface area contributed by atoms with Gasteiger partial charge in [0.25, 0.3) is 0 Å². The van der Waals surface area contributed by atoms with Crippen molar-refractivity contribution in [3.8, 4) is 17.2 Å². The molecule has 4 nitrogen and oxygen atoms in total.